The number of likely N-dealkylation sites (tertiary alicyclic amines) is 1. The maximum Gasteiger partial charge on any atom is 0.307 e. The zero-order valence-corrected chi connectivity index (χ0v) is 11.6. The average molecular weight is 268 g/mol. The van der Waals surface area contributed by atoms with Crippen molar-refractivity contribution in [2.45, 2.75) is 32.1 Å². The number of carboxylic acid groups (broad SMARTS) is 1. The van der Waals surface area contributed by atoms with Gasteiger partial charge in [-0.05, 0) is 38.8 Å². The van der Waals surface area contributed by atoms with Crippen LogP contribution in [0.2, 0.25) is 0 Å². The third-order valence-electron chi connectivity index (χ3n) is 4.47. The highest BCUT2D eigenvalue weighted by atomic mass is 16.4. The molecule has 1 heterocycles. The van der Waals surface area contributed by atoms with Gasteiger partial charge < -0.3 is 15.3 Å². The molecule has 1 amide bonds. The molecule has 0 radical (unpaired) electrons. The van der Waals surface area contributed by atoms with Crippen LogP contribution in [0, 0.1) is 17.8 Å². The third-order valence-corrected chi connectivity index (χ3v) is 4.47. The van der Waals surface area contributed by atoms with Crippen molar-refractivity contribution in [3.63, 3.8) is 0 Å². The van der Waals surface area contributed by atoms with E-state index in [-0.39, 0.29) is 11.8 Å². The number of nitrogens with zero attached hydrogens (tertiary/aromatic N) is 1. The number of rotatable bonds is 4. The van der Waals surface area contributed by atoms with Crippen LogP contribution in [0.4, 0.5) is 0 Å². The summed E-state index contributed by atoms with van der Waals surface area (Å²) < 4.78 is 0. The van der Waals surface area contributed by atoms with E-state index >= 15 is 0 Å². The summed E-state index contributed by atoms with van der Waals surface area (Å²) in [6.45, 7) is 2.79. The quantitative estimate of drug-likeness (QED) is 0.796. The molecule has 0 spiro atoms. The van der Waals surface area contributed by atoms with E-state index in [9.17, 15) is 14.7 Å². The van der Waals surface area contributed by atoms with Crippen LogP contribution in [0.1, 0.15) is 32.1 Å². The number of aliphatic carboxylic acids is 1. The Bertz CT molecular complexity index is 346. The zero-order valence-electron chi connectivity index (χ0n) is 11.6. The van der Waals surface area contributed by atoms with E-state index in [0.29, 0.717) is 25.3 Å². The van der Waals surface area contributed by atoms with Crippen molar-refractivity contribution in [2.75, 3.05) is 26.7 Å². The summed E-state index contributed by atoms with van der Waals surface area (Å²) >= 11 is 0. The molecule has 3 unspecified atom stereocenters. The number of carbonyl (C=O) groups is 2. The van der Waals surface area contributed by atoms with E-state index in [0.717, 1.165) is 32.4 Å². The Labute approximate surface area is 114 Å². The number of carbonyl (C=O) groups excluding carboxylic acids is 1. The Morgan fingerprint density at radius 3 is 2.47 bits per heavy atom. The van der Waals surface area contributed by atoms with Crippen LogP contribution in [0.5, 0.6) is 0 Å². The summed E-state index contributed by atoms with van der Waals surface area (Å²) in [6.07, 6.45) is 4.36. The second-order valence-corrected chi connectivity index (χ2v) is 6.00. The molecule has 0 bridgehead atoms. The molecule has 1 aliphatic heterocycles. The van der Waals surface area contributed by atoms with Crippen molar-refractivity contribution in [1.29, 1.82) is 0 Å². The molecular weight excluding hydrogens is 244 g/mol. The molecular formula is C14H24N2O3. The molecule has 1 aliphatic carbocycles. The van der Waals surface area contributed by atoms with Gasteiger partial charge in [0.2, 0.25) is 5.91 Å². The topological polar surface area (TPSA) is 69.6 Å². The first-order valence-electron chi connectivity index (χ1n) is 7.27. The SMILES string of the molecule is CN1CCC(CNC(=O)C2CCCCC2C(=O)O)C1. The fourth-order valence-corrected chi connectivity index (χ4v) is 3.31. The van der Waals surface area contributed by atoms with Gasteiger partial charge in [-0.2, -0.15) is 0 Å². The van der Waals surface area contributed by atoms with Gasteiger partial charge in [-0.1, -0.05) is 12.8 Å². The molecule has 1 saturated carbocycles. The van der Waals surface area contributed by atoms with Crippen molar-refractivity contribution in [1.82, 2.24) is 10.2 Å². The molecule has 3 atom stereocenters. The fraction of sp³-hybridized carbons (Fsp3) is 0.857. The van der Waals surface area contributed by atoms with Gasteiger partial charge in [0.05, 0.1) is 11.8 Å². The number of hydrogen-bond donors (Lipinski definition) is 2. The molecule has 2 aliphatic rings. The Morgan fingerprint density at radius 2 is 1.89 bits per heavy atom. The van der Waals surface area contributed by atoms with E-state index in [4.69, 9.17) is 0 Å². The van der Waals surface area contributed by atoms with Crippen molar-refractivity contribution < 1.29 is 14.7 Å². The zero-order chi connectivity index (χ0) is 13.8. The van der Waals surface area contributed by atoms with E-state index in [1.807, 2.05) is 0 Å². The summed E-state index contributed by atoms with van der Waals surface area (Å²) in [5, 5.41) is 12.2. The van der Waals surface area contributed by atoms with Gasteiger partial charge in [-0.15, -0.1) is 0 Å². The summed E-state index contributed by atoms with van der Waals surface area (Å²) in [7, 11) is 2.09. The summed E-state index contributed by atoms with van der Waals surface area (Å²) in [5.74, 6) is -1.17. The van der Waals surface area contributed by atoms with E-state index in [1.165, 1.54) is 0 Å². The molecule has 5 heteroatoms. The number of hydrogen-bond acceptors (Lipinski definition) is 3. The monoisotopic (exact) mass is 268 g/mol. The van der Waals surface area contributed by atoms with Crippen molar-refractivity contribution >= 4 is 11.9 Å². The summed E-state index contributed by atoms with van der Waals surface area (Å²) in [4.78, 5) is 25.6. The normalized spacial score (nSPS) is 32.2. The Balaban J connectivity index is 1.82. The smallest absolute Gasteiger partial charge is 0.307 e. The van der Waals surface area contributed by atoms with Crippen LogP contribution in [-0.4, -0.2) is 48.6 Å². The van der Waals surface area contributed by atoms with Crippen LogP contribution < -0.4 is 5.32 Å². The molecule has 19 heavy (non-hydrogen) atoms. The van der Waals surface area contributed by atoms with E-state index in [2.05, 4.69) is 17.3 Å². The first-order valence-corrected chi connectivity index (χ1v) is 7.27. The van der Waals surface area contributed by atoms with Crippen LogP contribution >= 0.6 is 0 Å². The van der Waals surface area contributed by atoms with Gasteiger partial charge in [0.1, 0.15) is 0 Å². The van der Waals surface area contributed by atoms with E-state index < -0.39 is 11.9 Å². The maximum absolute atomic E-state index is 12.2. The largest absolute Gasteiger partial charge is 0.481 e. The molecule has 0 aromatic carbocycles. The van der Waals surface area contributed by atoms with Gasteiger partial charge in [-0.3, -0.25) is 9.59 Å². The first kappa shape index (κ1) is 14.3. The Kier molecular flexibility index (Phi) is 4.80. The van der Waals surface area contributed by atoms with Gasteiger partial charge in [0.25, 0.3) is 0 Å². The minimum absolute atomic E-state index is 0.0540. The lowest BCUT2D eigenvalue weighted by Gasteiger charge is -2.27. The van der Waals surface area contributed by atoms with Crippen LogP contribution in [0.3, 0.4) is 0 Å². The minimum Gasteiger partial charge on any atom is -0.481 e. The predicted octanol–water partition coefficient (Wildman–Crippen LogP) is 0.945. The lowest BCUT2D eigenvalue weighted by molar-refractivity contribution is -0.148. The van der Waals surface area contributed by atoms with Crippen LogP contribution in [0.25, 0.3) is 0 Å². The molecule has 1 saturated heterocycles. The first-order chi connectivity index (χ1) is 9.08. The lowest BCUT2D eigenvalue weighted by atomic mass is 9.78. The Hall–Kier alpha value is -1.10. The van der Waals surface area contributed by atoms with Gasteiger partial charge in [0.15, 0.2) is 0 Å². The molecule has 0 aromatic rings. The maximum atomic E-state index is 12.2. The van der Waals surface area contributed by atoms with E-state index in [1.54, 1.807) is 0 Å². The summed E-state index contributed by atoms with van der Waals surface area (Å²) in [6, 6.07) is 0. The van der Waals surface area contributed by atoms with Gasteiger partial charge in [0, 0.05) is 13.1 Å². The highest BCUT2D eigenvalue weighted by Gasteiger charge is 2.35. The number of carboxylic acids is 1. The van der Waals surface area contributed by atoms with Crippen molar-refractivity contribution in [2.24, 2.45) is 17.8 Å². The highest BCUT2D eigenvalue weighted by molar-refractivity contribution is 5.84. The van der Waals surface area contributed by atoms with Gasteiger partial charge >= 0.3 is 5.97 Å². The minimum atomic E-state index is -0.819. The lowest BCUT2D eigenvalue weighted by Crippen LogP contribution is -2.41. The number of amides is 1. The fourth-order valence-electron chi connectivity index (χ4n) is 3.31. The van der Waals surface area contributed by atoms with Gasteiger partial charge in [-0.25, -0.2) is 0 Å². The Morgan fingerprint density at radius 1 is 1.21 bits per heavy atom. The average Bonchev–Trinajstić information content (AvgIpc) is 2.81. The predicted molar refractivity (Wildman–Crippen MR) is 71.7 cm³/mol. The van der Waals surface area contributed by atoms with Crippen LogP contribution in [0.15, 0.2) is 0 Å². The molecule has 0 aromatic heterocycles. The highest BCUT2D eigenvalue weighted by Crippen LogP contribution is 2.30. The van der Waals surface area contributed by atoms with Crippen molar-refractivity contribution in [3.05, 3.63) is 0 Å². The molecule has 2 N–H and O–H groups in total. The molecule has 2 fully saturated rings. The van der Waals surface area contributed by atoms with Crippen LogP contribution in [-0.2, 0) is 9.59 Å². The second kappa shape index (κ2) is 6.37. The third kappa shape index (κ3) is 3.69. The summed E-state index contributed by atoms with van der Waals surface area (Å²) in [5.41, 5.74) is 0. The molecule has 5 nitrogen and oxygen atoms in total. The molecule has 108 valence electrons. The number of nitrogens with one attached hydrogen (secondary N) is 1. The standard InChI is InChI=1S/C14H24N2O3/c1-16-7-6-10(9-16)8-15-13(17)11-4-2-3-5-12(11)14(18)19/h10-12H,2-9H2,1H3,(H,15,17)(H,18,19). The second-order valence-electron chi connectivity index (χ2n) is 6.00. The molecule has 2 rings (SSSR count). The van der Waals surface area contributed by atoms with Crippen molar-refractivity contribution in [3.8, 4) is 0 Å².